The molecule has 1 atom stereocenters. The fraction of sp³-hybridized carbons (Fsp3) is 0.471. The van der Waals surface area contributed by atoms with Gasteiger partial charge in [-0.1, -0.05) is 11.2 Å². The van der Waals surface area contributed by atoms with Gasteiger partial charge < -0.3 is 24.1 Å². The van der Waals surface area contributed by atoms with Gasteiger partial charge in [0.05, 0.1) is 0 Å². The van der Waals surface area contributed by atoms with E-state index in [-0.39, 0.29) is 12.7 Å². The van der Waals surface area contributed by atoms with Crippen LogP contribution in [-0.4, -0.2) is 55.5 Å². The van der Waals surface area contributed by atoms with E-state index in [0.29, 0.717) is 42.8 Å². The van der Waals surface area contributed by atoms with Crippen molar-refractivity contribution in [1.29, 1.82) is 0 Å². The highest BCUT2D eigenvalue weighted by Crippen LogP contribution is 2.35. The largest absolute Gasteiger partial charge is 0.454 e. The highest BCUT2D eigenvalue weighted by Gasteiger charge is 2.25. The van der Waals surface area contributed by atoms with Gasteiger partial charge in [0.15, 0.2) is 17.3 Å². The minimum Gasteiger partial charge on any atom is -0.454 e. The van der Waals surface area contributed by atoms with E-state index in [1.807, 2.05) is 37.2 Å². The van der Waals surface area contributed by atoms with Crippen molar-refractivity contribution < 1.29 is 23.5 Å². The number of methoxy groups -OCH3 is 1. The number of fused-ring (bicyclic) bond motifs is 1. The highest BCUT2D eigenvalue weighted by molar-refractivity contribution is 5.83. The predicted molar refractivity (Wildman–Crippen MR) is 90.7 cm³/mol. The Morgan fingerprint density at radius 1 is 1.35 bits per heavy atom. The van der Waals surface area contributed by atoms with Crippen LogP contribution in [0.3, 0.4) is 0 Å². The molecule has 0 fully saturated rings. The van der Waals surface area contributed by atoms with Gasteiger partial charge in [-0.25, -0.2) is 0 Å². The molecular weight excluding hydrogens is 340 g/mol. The number of carbonyl (C=O) groups is 1. The van der Waals surface area contributed by atoms with E-state index in [9.17, 15) is 4.79 Å². The average molecular weight is 362 g/mol. The first kappa shape index (κ1) is 18.2. The molecule has 0 radical (unpaired) electrons. The topological polar surface area (TPSA) is 99.0 Å². The summed E-state index contributed by atoms with van der Waals surface area (Å²) in [5.74, 6) is 2.17. The van der Waals surface area contributed by atoms with E-state index in [1.165, 1.54) is 0 Å². The Kier molecular flexibility index (Phi) is 5.69. The summed E-state index contributed by atoms with van der Waals surface area (Å²) in [6.07, 6.45) is 0.448. The summed E-state index contributed by atoms with van der Waals surface area (Å²) >= 11 is 0. The molecule has 9 heteroatoms. The van der Waals surface area contributed by atoms with E-state index < -0.39 is 6.04 Å². The van der Waals surface area contributed by atoms with Gasteiger partial charge >= 0.3 is 0 Å². The number of likely N-dealkylation sites (N-methyl/N-ethyl adjacent to an activating group) is 1. The fourth-order valence-electron chi connectivity index (χ4n) is 2.74. The van der Waals surface area contributed by atoms with Crippen molar-refractivity contribution >= 4 is 5.91 Å². The van der Waals surface area contributed by atoms with Crippen LogP contribution in [0.4, 0.5) is 0 Å². The highest BCUT2D eigenvalue weighted by atomic mass is 16.7. The quantitative estimate of drug-likeness (QED) is 0.740. The average Bonchev–Trinajstić information content (AvgIpc) is 3.24. The smallest absolute Gasteiger partial charge is 0.241 e. The number of nitrogens with zero attached hydrogens (tertiary/aromatic N) is 3. The molecule has 1 N–H and O–H groups in total. The first-order chi connectivity index (χ1) is 12.6. The molecular formula is C17H22N4O5. The predicted octanol–water partition coefficient (Wildman–Crippen LogP) is 0.906. The molecule has 0 saturated heterocycles. The molecule has 1 aromatic heterocycles. The molecule has 0 saturated carbocycles. The van der Waals surface area contributed by atoms with Crippen LogP contribution in [0.25, 0.3) is 0 Å². The minimum absolute atomic E-state index is 0.120. The lowest BCUT2D eigenvalue weighted by Crippen LogP contribution is -2.37. The molecule has 2 aromatic rings. The minimum atomic E-state index is -0.448. The van der Waals surface area contributed by atoms with Gasteiger partial charge in [-0.05, 0) is 31.8 Å². The van der Waals surface area contributed by atoms with Crippen molar-refractivity contribution in [3.63, 3.8) is 0 Å². The zero-order chi connectivity index (χ0) is 18.5. The van der Waals surface area contributed by atoms with E-state index in [2.05, 4.69) is 15.5 Å². The Hall–Kier alpha value is -2.65. The number of nitrogens with one attached hydrogen (secondary N) is 1. The number of aromatic nitrogens is 2. The summed E-state index contributed by atoms with van der Waals surface area (Å²) < 4.78 is 20.8. The second kappa shape index (κ2) is 8.15. The number of ether oxygens (including phenoxy) is 3. The van der Waals surface area contributed by atoms with Crippen LogP contribution < -0.4 is 14.8 Å². The Balaban J connectivity index is 1.60. The van der Waals surface area contributed by atoms with Crippen molar-refractivity contribution in [2.75, 3.05) is 34.5 Å². The lowest BCUT2D eigenvalue weighted by molar-refractivity contribution is -0.125. The maximum atomic E-state index is 12.7. The summed E-state index contributed by atoms with van der Waals surface area (Å²) in [5, 5.41) is 6.70. The Bertz CT molecular complexity index is 761. The van der Waals surface area contributed by atoms with E-state index in [4.69, 9.17) is 18.7 Å². The lowest BCUT2D eigenvalue weighted by atomic mass is 10.0. The molecule has 1 aliphatic rings. The fourth-order valence-corrected chi connectivity index (χ4v) is 2.74. The SMILES string of the molecule is COCc1noc(CCNC(=O)[C@H](c2ccc3c(c2)OCO3)N(C)C)n1. The molecule has 3 rings (SSSR count). The monoisotopic (exact) mass is 362 g/mol. The molecule has 2 heterocycles. The van der Waals surface area contributed by atoms with Crippen LogP contribution in [0.5, 0.6) is 11.5 Å². The first-order valence-electron chi connectivity index (χ1n) is 8.22. The Morgan fingerprint density at radius 2 is 2.15 bits per heavy atom. The Labute approximate surface area is 151 Å². The zero-order valence-corrected chi connectivity index (χ0v) is 15.0. The molecule has 1 aromatic carbocycles. The second-order valence-electron chi connectivity index (χ2n) is 6.06. The van der Waals surface area contributed by atoms with Gasteiger partial charge in [-0.2, -0.15) is 4.98 Å². The number of amides is 1. The van der Waals surface area contributed by atoms with E-state index in [1.54, 1.807) is 7.11 Å². The van der Waals surface area contributed by atoms with Gasteiger partial charge in [0.2, 0.25) is 18.6 Å². The molecule has 26 heavy (non-hydrogen) atoms. The van der Waals surface area contributed by atoms with Crippen LogP contribution in [0.2, 0.25) is 0 Å². The van der Waals surface area contributed by atoms with E-state index >= 15 is 0 Å². The number of hydrogen-bond acceptors (Lipinski definition) is 8. The van der Waals surface area contributed by atoms with Crippen molar-refractivity contribution in [2.24, 2.45) is 0 Å². The van der Waals surface area contributed by atoms with Crippen LogP contribution in [0.15, 0.2) is 22.7 Å². The maximum Gasteiger partial charge on any atom is 0.241 e. The van der Waals surface area contributed by atoms with Crippen LogP contribution in [0.1, 0.15) is 23.3 Å². The summed E-state index contributed by atoms with van der Waals surface area (Å²) in [6, 6.07) is 5.07. The number of benzene rings is 1. The van der Waals surface area contributed by atoms with Gasteiger partial charge in [-0.15, -0.1) is 0 Å². The second-order valence-corrected chi connectivity index (χ2v) is 6.06. The van der Waals surface area contributed by atoms with Crippen LogP contribution >= 0.6 is 0 Å². The molecule has 9 nitrogen and oxygen atoms in total. The van der Waals surface area contributed by atoms with Crippen LogP contribution in [-0.2, 0) is 22.6 Å². The molecule has 0 spiro atoms. The van der Waals surface area contributed by atoms with Crippen molar-refractivity contribution in [3.05, 3.63) is 35.5 Å². The number of rotatable bonds is 8. The Morgan fingerprint density at radius 3 is 2.92 bits per heavy atom. The molecule has 0 bridgehead atoms. The van der Waals surface area contributed by atoms with Crippen molar-refractivity contribution in [1.82, 2.24) is 20.4 Å². The summed E-state index contributed by atoms with van der Waals surface area (Å²) in [7, 11) is 5.27. The van der Waals surface area contributed by atoms with Crippen molar-refractivity contribution in [2.45, 2.75) is 19.1 Å². The molecule has 140 valence electrons. The summed E-state index contributed by atoms with van der Waals surface area (Å²) in [5.41, 5.74) is 0.830. The van der Waals surface area contributed by atoms with Crippen molar-refractivity contribution in [3.8, 4) is 11.5 Å². The normalized spacial score (nSPS) is 13.8. The molecule has 0 unspecified atom stereocenters. The van der Waals surface area contributed by atoms with Gasteiger partial charge in [-0.3, -0.25) is 9.69 Å². The third-order valence-electron chi connectivity index (χ3n) is 3.90. The maximum absolute atomic E-state index is 12.7. The number of carbonyl (C=O) groups excluding carboxylic acids is 1. The molecule has 1 aliphatic heterocycles. The third-order valence-corrected chi connectivity index (χ3v) is 3.90. The van der Waals surface area contributed by atoms with Gasteiger partial charge in [0, 0.05) is 20.1 Å². The molecule has 0 aliphatic carbocycles. The first-order valence-corrected chi connectivity index (χ1v) is 8.22. The molecule has 1 amide bonds. The third kappa shape index (κ3) is 4.12. The zero-order valence-electron chi connectivity index (χ0n) is 15.0. The summed E-state index contributed by atoms with van der Waals surface area (Å²) in [4.78, 5) is 18.7. The van der Waals surface area contributed by atoms with E-state index in [0.717, 1.165) is 5.56 Å². The standard InChI is InChI=1S/C17H22N4O5/c1-21(2)16(11-4-5-12-13(8-11)25-10-24-12)17(22)18-7-6-15-19-14(9-23-3)20-26-15/h4-5,8,16H,6-7,9-10H2,1-3H3,(H,18,22)/t16-/m0/s1. The lowest BCUT2D eigenvalue weighted by Gasteiger charge is -2.24. The van der Waals surface area contributed by atoms with Gasteiger partial charge in [0.25, 0.3) is 0 Å². The number of hydrogen-bond donors (Lipinski definition) is 1. The van der Waals surface area contributed by atoms with Crippen LogP contribution in [0, 0.1) is 0 Å². The summed E-state index contributed by atoms with van der Waals surface area (Å²) in [6.45, 7) is 0.887. The van der Waals surface area contributed by atoms with Gasteiger partial charge in [0.1, 0.15) is 12.6 Å².